The van der Waals surface area contributed by atoms with E-state index in [1.165, 1.54) is 0 Å². The summed E-state index contributed by atoms with van der Waals surface area (Å²) in [6, 6.07) is 7.86. The zero-order valence-corrected chi connectivity index (χ0v) is 13.3. The lowest BCUT2D eigenvalue weighted by Crippen LogP contribution is -2.00. The Morgan fingerprint density at radius 3 is 2.59 bits per heavy atom. The summed E-state index contributed by atoms with van der Waals surface area (Å²) in [7, 11) is 1.62. The van der Waals surface area contributed by atoms with E-state index in [1.807, 2.05) is 32.0 Å². The number of aromatic nitrogens is 4. The Labute approximate surface area is 131 Å². The number of pyridine rings is 1. The zero-order valence-electron chi connectivity index (χ0n) is 12.5. The number of rotatable bonds is 2. The summed E-state index contributed by atoms with van der Waals surface area (Å²) in [6.07, 6.45) is 0. The highest BCUT2D eigenvalue weighted by Crippen LogP contribution is 2.30. The first-order valence-electron chi connectivity index (χ1n) is 6.93. The fraction of sp³-hybridized carbons (Fsp3) is 0.188. The Bertz CT molecular complexity index is 989. The molecule has 110 valence electrons. The van der Waals surface area contributed by atoms with Crippen LogP contribution in [0.25, 0.3) is 27.4 Å². The van der Waals surface area contributed by atoms with Crippen molar-refractivity contribution >= 4 is 28.0 Å². The largest absolute Gasteiger partial charge is 0.481 e. The van der Waals surface area contributed by atoms with Crippen LogP contribution < -0.4 is 4.74 Å². The highest BCUT2D eigenvalue weighted by atomic mass is 32.1. The number of hydrogen-bond acceptors (Lipinski definition) is 5. The third-order valence-corrected chi connectivity index (χ3v) is 4.54. The predicted molar refractivity (Wildman–Crippen MR) is 87.6 cm³/mol. The summed E-state index contributed by atoms with van der Waals surface area (Å²) in [4.78, 5) is 15.1. The number of nitrogens with zero attached hydrogens (tertiary/aromatic N) is 4. The van der Waals surface area contributed by atoms with Crippen molar-refractivity contribution in [2.45, 2.75) is 13.8 Å². The highest BCUT2D eigenvalue weighted by Gasteiger charge is 2.17. The Morgan fingerprint density at radius 2 is 1.86 bits per heavy atom. The minimum Gasteiger partial charge on any atom is -0.481 e. The third kappa shape index (κ3) is 1.80. The van der Waals surface area contributed by atoms with Crippen molar-refractivity contribution in [1.82, 2.24) is 19.4 Å². The second kappa shape index (κ2) is 4.78. The topological polar surface area (TPSA) is 52.3 Å². The second-order valence-electron chi connectivity index (χ2n) is 5.08. The molecule has 4 rings (SSSR count). The van der Waals surface area contributed by atoms with Crippen LogP contribution in [-0.2, 0) is 0 Å². The van der Waals surface area contributed by atoms with Crippen molar-refractivity contribution in [2.24, 2.45) is 0 Å². The molecule has 4 heterocycles. The maximum absolute atomic E-state index is 5.27. The van der Waals surface area contributed by atoms with Gasteiger partial charge < -0.3 is 4.74 Å². The first kappa shape index (κ1) is 13.2. The summed E-state index contributed by atoms with van der Waals surface area (Å²) in [5.74, 6) is 1.47. The van der Waals surface area contributed by atoms with Crippen LogP contribution in [0.5, 0.6) is 5.88 Å². The first-order chi connectivity index (χ1) is 10.7. The molecule has 0 aliphatic carbocycles. The molecule has 0 bridgehead atoms. The van der Waals surface area contributed by atoms with E-state index in [-0.39, 0.29) is 0 Å². The molecule has 0 unspecified atom stereocenters. The molecule has 22 heavy (non-hydrogen) atoms. The maximum atomic E-state index is 5.27. The average Bonchev–Trinajstić information content (AvgIpc) is 3.15. The molecule has 0 saturated carbocycles. The molecule has 5 nitrogen and oxygen atoms in total. The van der Waals surface area contributed by atoms with Gasteiger partial charge in [0, 0.05) is 6.07 Å². The van der Waals surface area contributed by atoms with Crippen molar-refractivity contribution in [3.63, 3.8) is 0 Å². The van der Waals surface area contributed by atoms with Crippen molar-refractivity contribution in [3.8, 4) is 16.6 Å². The number of fused-ring (bicyclic) bond motifs is 3. The minimum absolute atomic E-state index is 0.572. The van der Waals surface area contributed by atoms with Crippen LogP contribution in [0.1, 0.15) is 11.4 Å². The Balaban J connectivity index is 2.22. The van der Waals surface area contributed by atoms with E-state index >= 15 is 0 Å². The number of ether oxygens (including phenoxy) is 1. The number of thiophene rings is 1. The molecule has 0 radical (unpaired) electrons. The Kier molecular flexibility index (Phi) is 2.87. The SMILES string of the molecule is COc1ccc2nc(C)c3c(C)nc(-c4cccs4)n3c2n1. The first-order valence-corrected chi connectivity index (χ1v) is 7.81. The maximum Gasteiger partial charge on any atom is 0.215 e. The van der Waals surface area contributed by atoms with E-state index in [9.17, 15) is 0 Å². The lowest BCUT2D eigenvalue weighted by molar-refractivity contribution is 0.399. The Morgan fingerprint density at radius 1 is 1.05 bits per heavy atom. The van der Waals surface area contributed by atoms with Crippen molar-refractivity contribution in [2.75, 3.05) is 7.11 Å². The molecule has 6 heteroatoms. The lowest BCUT2D eigenvalue weighted by Gasteiger charge is -2.08. The van der Waals surface area contributed by atoms with Gasteiger partial charge in [0.25, 0.3) is 0 Å². The van der Waals surface area contributed by atoms with Gasteiger partial charge in [0.15, 0.2) is 11.5 Å². The highest BCUT2D eigenvalue weighted by molar-refractivity contribution is 7.13. The molecule has 0 spiro atoms. The lowest BCUT2D eigenvalue weighted by atomic mass is 10.3. The van der Waals surface area contributed by atoms with E-state index in [0.29, 0.717) is 5.88 Å². The zero-order chi connectivity index (χ0) is 15.3. The van der Waals surface area contributed by atoms with E-state index in [4.69, 9.17) is 9.72 Å². The molecule has 0 amide bonds. The molecule has 0 aliphatic heterocycles. The van der Waals surface area contributed by atoms with Crippen LogP contribution in [0.4, 0.5) is 0 Å². The number of methoxy groups -OCH3 is 1. The van der Waals surface area contributed by atoms with Crippen LogP contribution in [0.15, 0.2) is 29.6 Å². The van der Waals surface area contributed by atoms with Gasteiger partial charge in [-0.2, -0.15) is 4.98 Å². The monoisotopic (exact) mass is 310 g/mol. The summed E-state index contributed by atoms with van der Waals surface area (Å²) in [5.41, 5.74) is 4.52. The van der Waals surface area contributed by atoms with Gasteiger partial charge in [0.1, 0.15) is 5.52 Å². The van der Waals surface area contributed by atoms with Crippen molar-refractivity contribution in [3.05, 3.63) is 41.0 Å². The summed E-state index contributed by atoms with van der Waals surface area (Å²) < 4.78 is 7.35. The van der Waals surface area contributed by atoms with Gasteiger partial charge in [-0.15, -0.1) is 11.3 Å². The van der Waals surface area contributed by atoms with Gasteiger partial charge >= 0.3 is 0 Å². The molecular formula is C16H14N4OS. The molecule has 0 saturated heterocycles. The molecule has 4 aromatic heterocycles. The molecular weight excluding hydrogens is 296 g/mol. The molecule has 0 aliphatic rings. The van der Waals surface area contributed by atoms with E-state index in [0.717, 1.165) is 38.8 Å². The fourth-order valence-electron chi connectivity index (χ4n) is 2.75. The smallest absolute Gasteiger partial charge is 0.215 e. The van der Waals surface area contributed by atoms with Crippen molar-refractivity contribution in [1.29, 1.82) is 0 Å². The normalized spacial score (nSPS) is 11.4. The number of aryl methyl sites for hydroxylation is 2. The number of hydrogen-bond donors (Lipinski definition) is 0. The van der Waals surface area contributed by atoms with Crippen LogP contribution in [0, 0.1) is 13.8 Å². The summed E-state index contributed by atoms with van der Waals surface area (Å²) in [6.45, 7) is 4.01. The van der Waals surface area contributed by atoms with Crippen molar-refractivity contribution < 1.29 is 4.74 Å². The molecule has 0 atom stereocenters. The van der Waals surface area contributed by atoms with Gasteiger partial charge in [-0.05, 0) is 31.4 Å². The quantitative estimate of drug-likeness (QED) is 0.567. The van der Waals surface area contributed by atoms with Crippen LogP contribution in [0.2, 0.25) is 0 Å². The van der Waals surface area contributed by atoms with Crippen LogP contribution in [0.3, 0.4) is 0 Å². The summed E-state index contributed by atoms with van der Waals surface area (Å²) >= 11 is 1.67. The van der Waals surface area contributed by atoms with E-state index < -0.39 is 0 Å². The van der Waals surface area contributed by atoms with Gasteiger partial charge in [-0.25, -0.2) is 9.97 Å². The van der Waals surface area contributed by atoms with Gasteiger partial charge in [-0.3, -0.25) is 4.40 Å². The number of imidazole rings is 1. The van der Waals surface area contributed by atoms with E-state index in [2.05, 4.69) is 25.8 Å². The van der Waals surface area contributed by atoms with Gasteiger partial charge in [-0.1, -0.05) is 6.07 Å². The van der Waals surface area contributed by atoms with Crippen LogP contribution >= 0.6 is 11.3 Å². The van der Waals surface area contributed by atoms with Crippen LogP contribution in [-0.4, -0.2) is 26.5 Å². The molecule has 4 aromatic rings. The molecule has 0 N–H and O–H groups in total. The summed E-state index contributed by atoms with van der Waals surface area (Å²) in [5, 5.41) is 2.05. The predicted octanol–water partition coefficient (Wildman–Crippen LogP) is 3.63. The van der Waals surface area contributed by atoms with E-state index in [1.54, 1.807) is 18.4 Å². The standard InChI is InChI=1S/C16H14N4OS/c1-9-14-10(2)18-16(12-5-4-8-22-12)20(14)15-11(17-9)6-7-13(19-15)21-3/h4-8H,1-3H3. The molecule has 0 fully saturated rings. The third-order valence-electron chi connectivity index (χ3n) is 3.67. The van der Waals surface area contributed by atoms with Gasteiger partial charge in [0.2, 0.25) is 5.88 Å². The van der Waals surface area contributed by atoms with Gasteiger partial charge in [0.05, 0.1) is 28.9 Å². The minimum atomic E-state index is 0.572. The molecule has 0 aromatic carbocycles. The fourth-order valence-corrected chi connectivity index (χ4v) is 3.46. The average molecular weight is 310 g/mol. The second-order valence-corrected chi connectivity index (χ2v) is 6.02. The Hall–Kier alpha value is -2.47.